The largest absolute Gasteiger partial charge is 0.478 e. The monoisotopic (exact) mass is 349 g/mol. The molecule has 0 unspecified atom stereocenters. The van der Waals surface area contributed by atoms with Gasteiger partial charge in [0.15, 0.2) is 0 Å². The first-order valence-electron chi connectivity index (χ1n) is 8.02. The lowest BCUT2D eigenvalue weighted by atomic mass is 10.0. The Labute approximate surface area is 151 Å². The molecule has 0 saturated heterocycles. The summed E-state index contributed by atoms with van der Waals surface area (Å²) in [5, 5.41) is 23.8. The summed E-state index contributed by atoms with van der Waals surface area (Å²) >= 11 is 0. The van der Waals surface area contributed by atoms with Gasteiger partial charge in [-0.3, -0.25) is 4.79 Å². The highest BCUT2D eigenvalue weighted by Gasteiger charge is 2.13. The van der Waals surface area contributed by atoms with Crippen molar-refractivity contribution in [3.05, 3.63) is 71.4 Å². The van der Waals surface area contributed by atoms with Gasteiger partial charge < -0.3 is 15.7 Å². The van der Waals surface area contributed by atoms with Crippen molar-refractivity contribution in [3.8, 4) is 6.07 Å². The molecule has 0 aliphatic rings. The number of carbonyl (C=O) groups excluding carboxylic acids is 1. The molecular weight excluding hydrogens is 330 g/mol. The SMILES string of the molecule is CC(C)c1ccccc1NC(=O)/C(C#N)=C\Nc1cccc(C(=O)O)c1. The van der Waals surface area contributed by atoms with Gasteiger partial charge in [0.2, 0.25) is 0 Å². The molecule has 0 spiro atoms. The maximum Gasteiger partial charge on any atom is 0.335 e. The molecule has 3 N–H and O–H groups in total. The van der Waals surface area contributed by atoms with Gasteiger partial charge in [0.05, 0.1) is 5.56 Å². The fourth-order valence-electron chi connectivity index (χ4n) is 2.35. The van der Waals surface area contributed by atoms with E-state index < -0.39 is 11.9 Å². The molecule has 6 heteroatoms. The second-order valence-electron chi connectivity index (χ2n) is 5.90. The Balaban J connectivity index is 2.17. The van der Waals surface area contributed by atoms with Gasteiger partial charge in [-0.25, -0.2) is 4.79 Å². The summed E-state index contributed by atoms with van der Waals surface area (Å²) in [5.41, 5.74) is 2.08. The predicted octanol–water partition coefficient (Wildman–Crippen LogP) is 3.97. The third-order valence-electron chi connectivity index (χ3n) is 3.69. The van der Waals surface area contributed by atoms with E-state index in [2.05, 4.69) is 10.6 Å². The molecule has 0 atom stereocenters. The van der Waals surface area contributed by atoms with Crippen LogP contribution in [-0.4, -0.2) is 17.0 Å². The molecule has 6 nitrogen and oxygen atoms in total. The van der Waals surface area contributed by atoms with Crippen LogP contribution in [0.25, 0.3) is 0 Å². The first-order valence-corrected chi connectivity index (χ1v) is 8.02. The number of nitriles is 1. The van der Waals surface area contributed by atoms with E-state index >= 15 is 0 Å². The fourth-order valence-corrected chi connectivity index (χ4v) is 2.35. The van der Waals surface area contributed by atoms with Crippen LogP contribution in [0.3, 0.4) is 0 Å². The first kappa shape index (κ1) is 18.7. The second-order valence-corrected chi connectivity index (χ2v) is 5.90. The summed E-state index contributed by atoms with van der Waals surface area (Å²) < 4.78 is 0. The number of amides is 1. The average molecular weight is 349 g/mol. The van der Waals surface area contributed by atoms with Gasteiger partial charge in [-0.05, 0) is 35.7 Å². The number of benzene rings is 2. The molecular formula is C20H19N3O3. The van der Waals surface area contributed by atoms with Gasteiger partial charge >= 0.3 is 5.97 Å². The van der Waals surface area contributed by atoms with Crippen LogP contribution >= 0.6 is 0 Å². The molecule has 0 aromatic heterocycles. The van der Waals surface area contributed by atoms with E-state index in [4.69, 9.17) is 5.11 Å². The molecule has 2 aromatic carbocycles. The minimum atomic E-state index is -1.05. The molecule has 0 bridgehead atoms. The van der Waals surface area contributed by atoms with Gasteiger partial charge in [-0.15, -0.1) is 0 Å². The Kier molecular flexibility index (Phi) is 6.12. The highest BCUT2D eigenvalue weighted by atomic mass is 16.4. The third-order valence-corrected chi connectivity index (χ3v) is 3.69. The molecule has 0 heterocycles. The lowest BCUT2D eigenvalue weighted by Crippen LogP contribution is -2.16. The molecule has 2 aromatic rings. The summed E-state index contributed by atoms with van der Waals surface area (Å²) in [7, 11) is 0. The van der Waals surface area contributed by atoms with E-state index in [1.165, 1.54) is 18.3 Å². The lowest BCUT2D eigenvalue weighted by molar-refractivity contribution is -0.112. The van der Waals surface area contributed by atoms with Gasteiger partial charge in [0.1, 0.15) is 11.6 Å². The smallest absolute Gasteiger partial charge is 0.335 e. The van der Waals surface area contributed by atoms with Crippen LogP contribution in [-0.2, 0) is 4.79 Å². The molecule has 1 amide bonds. The molecule has 0 aliphatic carbocycles. The Hall–Kier alpha value is -3.59. The summed E-state index contributed by atoms with van der Waals surface area (Å²) in [6.07, 6.45) is 1.26. The van der Waals surface area contributed by atoms with E-state index in [9.17, 15) is 14.9 Å². The van der Waals surface area contributed by atoms with Crippen molar-refractivity contribution in [1.82, 2.24) is 0 Å². The maximum atomic E-state index is 12.4. The number of nitrogens with one attached hydrogen (secondary N) is 2. The van der Waals surface area contributed by atoms with E-state index in [0.29, 0.717) is 11.4 Å². The number of carboxylic acid groups (broad SMARTS) is 1. The topological polar surface area (TPSA) is 102 Å². The van der Waals surface area contributed by atoms with E-state index in [1.54, 1.807) is 18.2 Å². The number of aromatic carboxylic acids is 1. The van der Waals surface area contributed by atoms with Crippen LogP contribution in [0.2, 0.25) is 0 Å². The summed E-state index contributed by atoms with van der Waals surface area (Å²) in [5.74, 6) is -1.37. The Morgan fingerprint density at radius 3 is 2.54 bits per heavy atom. The maximum absolute atomic E-state index is 12.4. The lowest BCUT2D eigenvalue weighted by Gasteiger charge is -2.13. The molecule has 132 valence electrons. The van der Waals surface area contributed by atoms with Gasteiger partial charge in [-0.2, -0.15) is 5.26 Å². The van der Waals surface area contributed by atoms with Crippen LogP contribution in [0.5, 0.6) is 0 Å². The van der Waals surface area contributed by atoms with Crippen molar-refractivity contribution in [2.24, 2.45) is 0 Å². The zero-order chi connectivity index (χ0) is 19.1. The van der Waals surface area contributed by atoms with Crippen LogP contribution < -0.4 is 10.6 Å². The van der Waals surface area contributed by atoms with Crippen molar-refractivity contribution < 1.29 is 14.7 Å². The molecule has 0 fully saturated rings. The fraction of sp³-hybridized carbons (Fsp3) is 0.150. The van der Waals surface area contributed by atoms with Crippen molar-refractivity contribution >= 4 is 23.3 Å². The molecule has 2 rings (SSSR count). The van der Waals surface area contributed by atoms with Gasteiger partial charge in [-0.1, -0.05) is 38.1 Å². The Bertz CT molecular complexity index is 895. The number of hydrogen-bond acceptors (Lipinski definition) is 4. The number of anilines is 2. The summed E-state index contributed by atoms with van der Waals surface area (Å²) in [4.78, 5) is 23.4. The number of carboxylic acids is 1. The molecule has 0 radical (unpaired) electrons. The minimum Gasteiger partial charge on any atom is -0.478 e. The zero-order valence-electron chi connectivity index (χ0n) is 14.5. The van der Waals surface area contributed by atoms with Crippen molar-refractivity contribution in [2.75, 3.05) is 10.6 Å². The Morgan fingerprint density at radius 1 is 1.15 bits per heavy atom. The standard InChI is InChI=1S/C20H19N3O3/c1-13(2)17-8-3-4-9-18(17)23-19(24)15(11-21)12-22-16-7-5-6-14(10-16)20(25)26/h3-10,12-13,22H,1-2H3,(H,23,24)(H,25,26)/b15-12-. The van der Waals surface area contributed by atoms with E-state index in [0.717, 1.165) is 5.56 Å². The summed E-state index contributed by atoms with van der Waals surface area (Å²) in [6.45, 7) is 4.03. The van der Waals surface area contributed by atoms with Crippen molar-refractivity contribution in [3.63, 3.8) is 0 Å². The Morgan fingerprint density at radius 2 is 1.88 bits per heavy atom. The number of hydrogen-bond donors (Lipinski definition) is 3. The van der Waals surface area contributed by atoms with Crippen LogP contribution in [0.15, 0.2) is 60.3 Å². The molecule has 26 heavy (non-hydrogen) atoms. The predicted molar refractivity (Wildman–Crippen MR) is 99.9 cm³/mol. The van der Waals surface area contributed by atoms with Crippen LogP contribution in [0, 0.1) is 11.3 Å². The highest BCUT2D eigenvalue weighted by Crippen LogP contribution is 2.24. The number of nitrogens with zero attached hydrogens (tertiary/aromatic N) is 1. The van der Waals surface area contributed by atoms with Crippen LogP contribution in [0.4, 0.5) is 11.4 Å². The zero-order valence-corrected chi connectivity index (χ0v) is 14.5. The third kappa shape index (κ3) is 4.71. The number of para-hydroxylation sites is 1. The molecule has 0 aliphatic heterocycles. The summed E-state index contributed by atoms with van der Waals surface area (Å²) in [6, 6.07) is 15.3. The quantitative estimate of drug-likeness (QED) is 0.541. The van der Waals surface area contributed by atoms with Gasteiger partial charge in [0, 0.05) is 17.6 Å². The highest BCUT2D eigenvalue weighted by molar-refractivity contribution is 6.07. The minimum absolute atomic E-state index is 0.109. The van der Waals surface area contributed by atoms with Crippen molar-refractivity contribution in [1.29, 1.82) is 5.26 Å². The second kappa shape index (κ2) is 8.49. The average Bonchev–Trinajstić information content (AvgIpc) is 2.62. The van der Waals surface area contributed by atoms with Gasteiger partial charge in [0.25, 0.3) is 5.91 Å². The first-order chi connectivity index (χ1) is 12.4. The van der Waals surface area contributed by atoms with E-state index in [1.807, 2.05) is 38.1 Å². The molecule has 0 saturated carbocycles. The normalized spacial score (nSPS) is 10.9. The number of rotatable bonds is 6. The van der Waals surface area contributed by atoms with Crippen molar-refractivity contribution in [2.45, 2.75) is 19.8 Å². The number of carbonyl (C=O) groups is 2. The van der Waals surface area contributed by atoms with Crippen LogP contribution in [0.1, 0.15) is 35.7 Å². The van der Waals surface area contributed by atoms with E-state index in [-0.39, 0.29) is 17.1 Å².